The lowest BCUT2D eigenvalue weighted by molar-refractivity contribution is -0.148. The number of aryl methyl sites for hydroxylation is 1. The number of amides is 2. The maximum Gasteiger partial charge on any atom is 0.329 e. The lowest BCUT2D eigenvalue weighted by atomic mass is 9.90. The number of nitrogens with one attached hydrogen (secondary N) is 1. The number of nitrogens with zero attached hydrogens (tertiary/aromatic N) is 1. The minimum atomic E-state index is -1.33. The first-order chi connectivity index (χ1) is 19.4. The smallest absolute Gasteiger partial charge is 0.329 e. The van der Waals surface area contributed by atoms with Gasteiger partial charge in [0.2, 0.25) is 0 Å². The Hall–Kier alpha value is -3.26. The van der Waals surface area contributed by atoms with Crippen LogP contribution in [0.25, 0.3) is 0 Å². The Kier molecular flexibility index (Phi) is 10.3. The highest BCUT2D eigenvalue weighted by Gasteiger charge is 2.43. The molecule has 0 bridgehead atoms. The summed E-state index contributed by atoms with van der Waals surface area (Å²) in [6.07, 6.45) is 5.32. The Morgan fingerprint density at radius 2 is 1.68 bits per heavy atom. The molecule has 0 radical (unpaired) electrons. The fourth-order valence-electron chi connectivity index (χ4n) is 5.48. The molecule has 8 nitrogen and oxygen atoms in total. The molecule has 0 aromatic heterocycles. The molecule has 8 heteroatoms. The summed E-state index contributed by atoms with van der Waals surface area (Å²) >= 11 is 0. The molecule has 1 aliphatic heterocycles. The van der Waals surface area contributed by atoms with Gasteiger partial charge in [-0.05, 0) is 82.1 Å². The maximum atomic E-state index is 13.9. The molecule has 40 heavy (non-hydrogen) atoms. The van der Waals surface area contributed by atoms with Gasteiger partial charge in [-0.1, -0.05) is 30.3 Å². The van der Waals surface area contributed by atoms with Gasteiger partial charge in [0.15, 0.2) is 0 Å². The van der Waals surface area contributed by atoms with Gasteiger partial charge >= 0.3 is 12.0 Å². The van der Waals surface area contributed by atoms with Crippen LogP contribution in [0.4, 0.5) is 4.79 Å². The summed E-state index contributed by atoms with van der Waals surface area (Å²) in [7, 11) is 0. The molecular formula is C32H44N2O6. The van der Waals surface area contributed by atoms with Gasteiger partial charge in [-0.25, -0.2) is 9.59 Å². The zero-order chi connectivity index (χ0) is 28.5. The summed E-state index contributed by atoms with van der Waals surface area (Å²) in [6.45, 7) is 8.11. The summed E-state index contributed by atoms with van der Waals surface area (Å²) in [5.74, 6) is 1.04. The lowest BCUT2D eigenvalue weighted by Gasteiger charge is -2.38. The number of carbonyl (C=O) groups is 2. The molecule has 1 saturated heterocycles. The number of aliphatic carboxylic acids is 1. The van der Waals surface area contributed by atoms with Crippen molar-refractivity contribution in [1.29, 1.82) is 0 Å². The molecule has 218 valence electrons. The molecule has 4 rings (SSSR count). The largest absolute Gasteiger partial charge is 0.493 e. The summed E-state index contributed by atoms with van der Waals surface area (Å²) in [4.78, 5) is 27.9. The molecule has 1 saturated carbocycles. The molecule has 1 heterocycles. The van der Waals surface area contributed by atoms with Crippen LogP contribution < -0.4 is 14.8 Å². The van der Waals surface area contributed by atoms with Gasteiger partial charge in [0.25, 0.3) is 0 Å². The van der Waals surface area contributed by atoms with Gasteiger partial charge in [-0.15, -0.1) is 0 Å². The Morgan fingerprint density at radius 1 is 1.05 bits per heavy atom. The van der Waals surface area contributed by atoms with Crippen LogP contribution in [0.5, 0.6) is 11.5 Å². The molecule has 1 aliphatic carbocycles. The number of carboxylic acid groups (broad SMARTS) is 1. The van der Waals surface area contributed by atoms with Crippen molar-refractivity contribution in [2.75, 3.05) is 33.0 Å². The Bertz CT molecular complexity index is 1100. The second-order valence-corrected chi connectivity index (χ2v) is 10.8. The molecule has 2 aliphatic rings. The number of unbranched alkanes of at least 4 members (excludes halogenated alkanes) is 1. The first kappa shape index (κ1) is 29.7. The molecule has 2 fully saturated rings. The number of ether oxygens (including phenoxy) is 3. The fraction of sp³-hybridized carbons (Fsp3) is 0.562. The van der Waals surface area contributed by atoms with Crippen LogP contribution >= 0.6 is 0 Å². The van der Waals surface area contributed by atoms with Crippen molar-refractivity contribution < 1.29 is 28.9 Å². The van der Waals surface area contributed by atoms with E-state index >= 15 is 0 Å². The number of carbonyl (C=O) groups excluding carboxylic acids is 1. The predicted molar refractivity (Wildman–Crippen MR) is 154 cm³/mol. The molecule has 0 unspecified atom stereocenters. The molecule has 0 spiro atoms. The molecule has 2 amide bonds. The van der Waals surface area contributed by atoms with Gasteiger partial charge in [0.05, 0.1) is 19.3 Å². The van der Waals surface area contributed by atoms with Gasteiger partial charge in [0.1, 0.15) is 17.0 Å². The van der Waals surface area contributed by atoms with Crippen LogP contribution in [-0.2, 0) is 16.0 Å². The van der Waals surface area contributed by atoms with E-state index in [9.17, 15) is 14.7 Å². The van der Waals surface area contributed by atoms with E-state index in [4.69, 9.17) is 14.2 Å². The van der Waals surface area contributed by atoms with Crippen molar-refractivity contribution in [1.82, 2.24) is 10.2 Å². The summed E-state index contributed by atoms with van der Waals surface area (Å²) in [6, 6.07) is 13.7. The van der Waals surface area contributed by atoms with E-state index in [0.717, 1.165) is 54.7 Å². The minimum absolute atomic E-state index is 0.239. The monoisotopic (exact) mass is 552 g/mol. The van der Waals surface area contributed by atoms with E-state index in [-0.39, 0.29) is 24.9 Å². The first-order valence-electron chi connectivity index (χ1n) is 14.8. The number of urea groups is 1. The number of benzene rings is 2. The average molecular weight is 553 g/mol. The van der Waals surface area contributed by atoms with Crippen molar-refractivity contribution in [2.45, 2.75) is 83.2 Å². The van der Waals surface area contributed by atoms with Crippen molar-refractivity contribution in [3.8, 4) is 11.5 Å². The van der Waals surface area contributed by atoms with Crippen molar-refractivity contribution in [3.63, 3.8) is 0 Å². The Balaban J connectivity index is 1.60. The number of hydrogen-bond donors (Lipinski definition) is 2. The van der Waals surface area contributed by atoms with Crippen molar-refractivity contribution in [3.05, 3.63) is 59.2 Å². The summed E-state index contributed by atoms with van der Waals surface area (Å²) in [5, 5.41) is 13.0. The van der Waals surface area contributed by atoms with Crippen LogP contribution in [0.3, 0.4) is 0 Å². The quantitative estimate of drug-likeness (QED) is 0.275. The van der Waals surface area contributed by atoms with Crippen LogP contribution in [0, 0.1) is 0 Å². The van der Waals surface area contributed by atoms with Crippen LogP contribution in [-0.4, -0.2) is 60.5 Å². The van der Waals surface area contributed by atoms with Gasteiger partial charge in [0, 0.05) is 38.2 Å². The SMILES string of the molecule is CCOc1cc([C@@H](C)N(CCCCc2ccccc2)C(=O)NC2(C(=O)O)CCOCC2)cc(OCC)c1C1CC1. The molecule has 2 N–H and O–H groups in total. The average Bonchev–Trinajstić information content (AvgIpc) is 3.79. The Morgan fingerprint density at radius 3 is 2.23 bits per heavy atom. The molecule has 2 aromatic carbocycles. The third kappa shape index (κ3) is 7.27. The predicted octanol–water partition coefficient (Wildman–Crippen LogP) is 6.09. The van der Waals surface area contributed by atoms with Gasteiger partial charge in [-0.3, -0.25) is 0 Å². The second kappa shape index (κ2) is 13.9. The van der Waals surface area contributed by atoms with E-state index in [1.807, 2.05) is 51.1 Å². The minimum Gasteiger partial charge on any atom is -0.493 e. The molecular weight excluding hydrogens is 508 g/mol. The second-order valence-electron chi connectivity index (χ2n) is 10.8. The third-order valence-corrected chi connectivity index (χ3v) is 7.98. The lowest BCUT2D eigenvalue weighted by Crippen LogP contribution is -2.60. The van der Waals surface area contributed by atoms with Crippen LogP contribution in [0.15, 0.2) is 42.5 Å². The van der Waals surface area contributed by atoms with Crippen LogP contribution in [0.2, 0.25) is 0 Å². The summed E-state index contributed by atoms with van der Waals surface area (Å²) < 4.78 is 17.6. The van der Waals surface area contributed by atoms with E-state index in [1.54, 1.807) is 4.90 Å². The van der Waals surface area contributed by atoms with E-state index in [0.29, 0.717) is 38.9 Å². The zero-order valence-electron chi connectivity index (χ0n) is 24.1. The van der Waals surface area contributed by atoms with Gasteiger partial charge in [-0.2, -0.15) is 0 Å². The highest BCUT2D eigenvalue weighted by atomic mass is 16.5. The van der Waals surface area contributed by atoms with E-state index in [1.165, 1.54) is 5.56 Å². The number of rotatable bonds is 14. The standard InChI is InChI=1S/C32H44N2O6/c1-4-39-27-21-26(22-28(40-5-2)29(27)25-14-15-25)23(3)34(18-10-9-13-24-11-7-6-8-12-24)31(37)33-32(30(35)36)16-19-38-20-17-32/h6-8,11-12,21-23,25H,4-5,9-10,13-20H2,1-3H3,(H,33,37)(H,35,36)/t23-/m1/s1. The Labute approximate surface area is 238 Å². The number of hydrogen-bond acceptors (Lipinski definition) is 5. The maximum absolute atomic E-state index is 13.9. The number of carboxylic acids is 1. The molecule has 1 atom stereocenters. The zero-order valence-corrected chi connectivity index (χ0v) is 24.1. The van der Waals surface area contributed by atoms with E-state index < -0.39 is 11.5 Å². The topological polar surface area (TPSA) is 97.3 Å². The highest BCUT2D eigenvalue weighted by Crippen LogP contribution is 2.50. The summed E-state index contributed by atoms with van der Waals surface area (Å²) in [5.41, 5.74) is 1.95. The first-order valence-corrected chi connectivity index (χ1v) is 14.8. The van der Waals surface area contributed by atoms with Crippen LogP contribution in [0.1, 0.15) is 87.9 Å². The van der Waals surface area contributed by atoms with Crippen molar-refractivity contribution in [2.24, 2.45) is 0 Å². The van der Waals surface area contributed by atoms with E-state index in [2.05, 4.69) is 17.4 Å². The third-order valence-electron chi connectivity index (χ3n) is 7.98. The molecule has 2 aromatic rings. The normalized spacial score (nSPS) is 17.1. The highest BCUT2D eigenvalue weighted by molar-refractivity contribution is 5.86. The van der Waals surface area contributed by atoms with Gasteiger partial charge < -0.3 is 29.5 Å². The fourth-order valence-corrected chi connectivity index (χ4v) is 5.48. The van der Waals surface area contributed by atoms with Crippen molar-refractivity contribution >= 4 is 12.0 Å².